The molecular formula is C21H23N5O2S. The fourth-order valence-electron chi connectivity index (χ4n) is 3.68. The van der Waals surface area contributed by atoms with Gasteiger partial charge in [0.15, 0.2) is 0 Å². The highest BCUT2D eigenvalue weighted by Gasteiger charge is 2.21. The Labute approximate surface area is 173 Å². The van der Waals surface area contributed by atoms with Crippen molar-refractivity contribution < 1.29 is 9.59 Å². The number of fused-ring (bicyclic) bond motifs is 1. The van der Waals surface area contributed by atoms with Crippen LogP contribution in [-0.4, -0.2) is 39.9 Å². The summed E-state index contributed by atoms with van der Waals surface area (Å²) in [5.41, 5.74) is 2.90. The number of carbonyl (C=O) groups excluding carboxylic acids is 2. The summed E-state index contributed by atoms with van der Waals surface area (Å²) in [5.74, 6) is 0.476. The lowest BCUT2D eigenvalue weighted by Crippen LogP contribution is -2.32. The van der Waals surface area contributed by atoms with Crippen molar-refractivity contribution in [3.8, 4) is 0 Å². The number of benzene rings is 1. The van der Waals surface area contributed by atoms with Crippen LogP contribution in [0.15, 0.2) is 24.3 Å². The third-order valence-electron chi connectivity index (χ3n) is 5.10. The van der Waals surface area contributed by atoms with Crippen molar-refractivity contribution in [1.29, 1.82) is 0 Å². The van der Waals surface area contributed by atoms with E-state index in [0.29, 0.717) is 22.1 Å². The number of likely N-dealkylation sites (tertiary alicyclic amines) is 1. The smallest absolute Gasteiger partial charge is 0.321 e. The summed E-state index contributed by atoms with van der Waals surface area (Å²) in [5, 5.41) is 6.80. The van der Waals surface area contributed by atoms with Gasteiger partial charge in [0.1, 0.15) is 10.7 Å². The molecule has 3 aromatic rings. The maximum Gasteiger partial charge on any atom is 0.321 e. The van der Waals surface area contributed by atoms with Crippen LogP contribution in [0.3, 0.4) is 0 Å². The Morgan fingerprint density at radius 1 is 1.00 bits per heavy atom. The van der Waals surface area contributed by atoms with E-state index in [-0.39, 0.29) is 11.9 Å². The first-order valence-electron chi connectivity index (χ1n) is 9.64. The molecule has 0 bridgehead atoms. The van der Waals surface area contributed by atoms with Crippen molar-refractivity contribution in [2.75, 3.05) is 23.7 Å². The van der Waals surface area contributed by atoms with E-state index in [4.69, 9.17) is 0 Å². The number of aryl methyl sites for hydroxylation is 3. The van der Waals surface area contributed by atoms with E-state index in [9.17, 15) is 9.59 Å². The second kappa shape index (κ2) is 7.79. The molecule has 1 saturated heterocycles. The molecule has 1 aliphatic rings. The molecule has 0 aliphatic carbocycles. The van der Waals surface area contributed by atoms with Gasteiger partial charge in [-0.05, 0) is 51.3 Å². The summed E-state index contributed by atoms with van der Waals surface area (Å²) < 4.78 is 0. The number of amides is 3. The highest BCUT2D eigenvalue weighted by Crippen LogP contribution is 2.32. The van der Waals surface area contributed by atoms with E-state index >= 15 is 0 Å². The number of rotatable bonds is 3. The first kappa shape index (κ1) is 19.3. The Morgan fingerprint density at radius 2 is 1.66 bits per heavy atom. The minimum absolute atomic E-state index is 0.136. The number of aromatic nitrogens is 2. The predicted octanol–water partition coefficient (Wildman–Crippen LogP) is 4.50. The second-order valence-electron chi connectivity index (χ2n) is 7.22. The van der Waals surface area contributed by atoms with Crippen molar-refractivity contribution in [2.24, 2.45) is 0 Å². The number of nitrogens with one attached hydrogen (secondary N) is 2. The van der Waals surface area contributed by atoms with Crippen molar-refractivity contribution >= 4 is 44.9 Å². The number of urea groups is 1. The van der Waals surface area contributed by atoms with Crippen molar-refractivity contribution in [3.05, 3.63) is 46.2 Å². The fourth-order valence-corrected chi connectivity index (χ4v) is 4.86. The van der Waals surface area contributed by atoms with Gasteiger partial charge in [0.05, 0.1) is 16.3 Å². The third-order valence-corrected chi connectivity index (χ3v) is 6.28. The summed E-state index contributed by atoms with van der Waals surface area (Å²) in [6, 6.07) is 7.11. The van der Waals surface area contributed by atoms with Gasteiger partial charge in [0.25, 0.3) is 5.91 Å². The van der Waals surface area contributed by atoms with Crippen LogP contribution < -0.4 is 10.6 Å². The molecule has 0 spiro atoms. The number of hydrogen-bond donors (Lipinski definition) is 2. The molecule has 8 heteroatoms. The van der Waals surface area contributed by atoms with Crippen molar-refractivity contribution in [1.82, 2.24) is 14.9 Å². The summed E-state index contributed by atoms with van der Waals surface area (Å²) >= 11 is 1.36. The Balaban J connectivity index is 1.59. The summed E-state index contributed by atoms with van der Waals surface area (Å²) in [6.07, 6.45) is 2.05. The Bertz CT molecular complexity index is 1100. The molecule has 4 rings (SSSR count). The minimum Gasteiger partial charge on any atom is -0.325 e. The predicted molar refractivity (Wildman–Crippen MR) is 116 cm³/mol. The molecule has 2 N–H and O–H groups in total. The average molecular weight is 410 g/mol. The molecule has 29 heavy (non-hydrogen) atoms. The van der Waals surface area contributed by atoms with Crippen LogP contribution in [0.1, 0.15) is 39.6 Å². The Kier molecular flexibility index (Phi) is 5.19. The van der Waals surface area contributed by atoms with Crippen LogP contribution >= 0.6 is 11.3 Å². The van der Waals surface area contributed by atoms with Gasteiger partial charge in [0.2, 0.25) is 0 Å². The summed E-state index contributed by atoms with van der Waals surface area (Å²) in [4.78, 5) is 37.6. The minimum atomic E-state index is -0.217. The van der Waals surface area contributed by atoms with Gasteiger partial charge in [-0.25, -0.2) is 14.8 Å². The van der Waals surface area contributed by atoms with E-state index in [1.165, 1.54) is 11.3 Å². The van der Waals surface area contributed by atoms with Gasteiger partial charge in [0, 0.05) is 24.2 Å². The molecule has 150 valence electrons. The zero-order valence-corrected chi connectivity index (χ0v) is 17.5. The molecule has 2 aromatic heterocycles. The van der Waals surface area contributed by atoms with E-state index in [1.54, 1.807) is 17.0 Å². The van der Waals surface area contributed by atoms with Crippen LogP contribution in [0, 0.1) is 20.8 Å². The molecule has 0 atom stereocenters. The van der Waals surface area contributed by atoms with E-state index in [1.807, 2.05) is 32.9 Å². The number of carbonyl (C=O) groups is 2. The number of thiophene rings is 1. The van der Waals surface area contributed by atoms with Crippen LogP contribution in [-0.2, 0) is 0 Å². The normalized spacial score (nSPS) is 13.7. The van der Waals surface area contributed by atoms with E-state index in [0.717, 1.165) is 47.4 Å². The first-order chi connectivity index (χ1) is 13.9. The van der Waals surface area contributed by atoms with Crippen LogP contribution in [0.2, 0.25) is 0 Å². The molecule has 3 amide bonds. The zero-order chi connectivity index (χ0) is 20.5. The van der Waals surface area contributed by atoms with Crippen molar-refractivity contribution in [2.45, 2.75) is 33.6 Å². The second-order valence-corrected chi connectivity index (χ2v) is 8.22. The van der Waals surface area contributed by atoms with Crippen LogP contribution in [0.25, 0.3) is 10.2 Å². The average Bonchev–Trinajstić information content (AvgIpc) is 3.31. The highest BCUT2D eigenvalue weighted by atomic mass is 32.1. The molecule has 0 unspecified atom stereocenters. The number of hydrogen-bond acceptors (Lipinski definition) is 5. The number of para-hydroxylation sites is 2. The third kappa shape index (κ3) is 3.80. The van der Waals surface area contributed by atoms with Crippen LogP contribution in [0.4, 0.5) is 16.2 Å². The number of anilines is 2. The van der Waals surface area contributed by atoms with Crippen molar-refractivity contribution in [3.63, 3.8) is 0 Å². The maximum absolute atomic E-state index is 13.0. The molecule has 0 saturated carbocycles. The van der Waals surface area contributed by atoms with Gasteiger partial charge >= 0.3 is 6.03 Å². The lowest BCUT2D eigenvalue weighted by Gasteiger charge is -2.18. The molecule has 7 nitrogen and oxygen atoms in total. The van der Waals surface area contributed by atoms with Gasteiger partial charge in [-0.3, -0.25) is 4.79 Å². The quantitative estimate of drug-likeness (QED) is 0.667. The Hall–Kier alpha value is -3.00. The SMILES string of the molecule is Cc1nc(C)c2c(C)c(C(=O)Nc3ccccc3NC(=O)N3CCCC3)sc2n1. The largest absolute Gasteiger partial charge is 0.325 e. The molecule has 1 fully saturated rings. The highest BCUT2D eigenvalue weighted by molar-refractivity contribution is 7.20. The summed E-state index contributed by atoms with van der Waals surface area (Å²) in [6.45, 7) is 7.23. The molecule has 1 aromatic carbocycles. The lowest BCUT2D eigenvalue weighted by atomic mass is 10.1. The molecule has 1 aliphatic heterocycles. The standard InChI is InChI=1S/C21H23N5O2S/c1-12-17-13(2)22-14(3)23-20(17)29-18(12)19(27)24-15-8-4-5-9-16(15)25-21(28)26-10-6-7-11-26/h4-5,8-9H,6-7,10-11H2,1-3H3,(H,24,27)(H,25,28). The van der Waals surface area contributed by atoms with Gasteiger partial charge in [-0.2, -0.15) is 0 Å². The van der Waals surface area contributed by atoms with Gasteiger partial charge in [-0.1, -0.05) is 12.1 Å². The van der Waals surface area contributed by atoms with Crippen LogP contribution in [0.5, 0.6) is 0 Å². The molecular weight excluding hydrogens is 386 g/mol. The van der Waals surface area contributed by atoms with E-state index < -0.39 is 0 Å². The topological polar surface area (TPSA) is 87.2 Å². The van der Waals surface area contributed by atoms with E-state index in [2.05, 4.69) is 20.6 Å². The fraction of sp³-hybridized carbons (Fsp3) is 0.333. The summed E-state index contributed by atoms with van der Waals surface area (Å²) in [7, 11) is 0. The maximum atomic E-state index is 13.0. The molecule has 3 heterocycles. The first-order valence-corrected chi connectivity index (χ1v) is 10.5. The molecule has 0 radical (unpaired) electrons. The van der Waals surface area contributed by atoms with Gasteiger partial charge < -0.3 is 15.5 Å². The zero-order valence-electron chi connectivity index (χ0n) is 16.7. The lowest BCUT2D eigenvalue weighted by molar-refractivity contribution is 0.103. The Morgan fingerprint density at radius 3 is 2.34 bits per heavy atom. The van der Waals surface area contributed by atoms with Gasteiger partial charge in [-0.15, -0.1) is 11.3 Å². The monoisotopic (exact) mass is 409 g/mol. The number of nitrogens with zero attached hydrogens (tertiary/aromatic N) is 3.